The van der Waals surface area contributed by atoms with E-state index in [1.807, 2.05) is 17.5 Å². The van der Waals surface area contributed by atoms with Crippen LogP contribution in [-0.2, 0) is 11.2 Å². The molecular formula is C14H17NO3S. The maximum atomic E-state index is 11.9. The van der Waals surface area contributed by atoms with Crippen molar-refractivity contribution in [1.82, 2.24) is 4.98 Å². The van der Waals surface area contributed by atoms with Crippen LogP contribution in [0.2, 0.25) is 0 Å². The monoisotopic (exact) mass is 279 g/mol. The summed E-state index contributed by atoms with van der Waals surface area (Å²) in [5, 5.41) is 1.95. The number of carbonyl (C=O) groups excluding carboxylic acids is 1. The normalized spacial score (nSPS) is 10.9. The van der Waals surface area contributed by atoms with Crippen LogP contribution in [0.15, 0.2) is 21.9 Å². The van der Waals surface area contributed by atoms with Crippen LogP contribution in [-0.4, -0.2) is 17.6 Å². The Kier molecular flexibility index (Phi) is 4.37. The van der Waals surface area contributed by atoms with E-state index in [1.54, 1.807) is 6.92 Å². The number of hydrogen-bond acceptors (Lipinski definition) is 5. The Balaban J connectivity index is 2.36. The molecule has 0 bridgehead atoms. The van der Waals surface area contributed by atoms with E-state index < -0.39 is 5.97 Å². The Bertz CT molecular complexity index is 543. The zero-order chi connectivity index (χ0) is 13.8. The average Bonchev–Trinajstić information content (AvgIpc) is 2.96. The molecule has 0 unspecified atom stereocenters. The number of carbonyl (C=O) groups is 1. The molecule has 102 valence electrons. The molecule has 0 spiro atoms. The van der Waals surface area contributed by atoms with Crippen molar-refractivity contribution in [2.24, 2.45) is 5.92 Å². The number of aromatic nitrogens is 1. The molecule has 2 aromatic rings. The fourth-order valence-electron chi connectivity index (χ4n) is 1.74. The third-order valence-electron chi connectivity index (χ3n) is 2.49. The Hall–Kier alpha value is -1.62. The van der Waals surface area contributed by atoms with Crippen molar-refractivity contribution in [3.63, 3.8) is 0 Å². The minimum absolute atomic E-state index is 0.235. The van der Waals surface area contributed by atoms with Crippen molar-refractivity contribution in [3.05, 3.63) is 29.0 Å². The number of hydrogen-bond donors (Lipinski definition) is 0. The van der Waals surface area contributed by atoms with Crippen molar-refractivity contribution in [2.75, 3.05) is 6.61 Å². The molecule has 0 aromatic carbocycles. The Morgan fingerprint density at radius 1 is 1.53 bits per heavy atom. The van der Waals surface area contributed by atoms with Gasteiger partial charge in [0, 0.05) is 0 Å². The molecule has 2 aromatic heterocycles. The third-order valence-corrected chi connectivity index (χ3v) is 3.35. The van der Waals surface area contributed by atoms with Crippen molar-refractivity contribution in [2.45, 2.75) is 27.2 Å². The first kappa shape index (κ1) is 13.8. The van der Waals surface area contributed by atoms with Crippen LogP contribution >= 0.6 is 11.3 Å². The molecule has 2 heterocycles. The predicted octanol–water partition coefficient (Wildman–Crippen LogP) is 3.78. The van der Waals surface area contributed by atoms with Crippen molar-refractivity contribution >= 4 is 17.3 Å². The van der Waals surface area contributed by atoms with Crippen LogP contribution in [0.1, 0.15) is 37.0 Å². The van der Waals surface area contributed by atoms with Gasteiger partial charge in [0.05, 0.1) is 17.2 Å². The second kappa shape index (κ2) is 6.02. The summed E-state index contributed by atoms with van der Waals surface area (Å²) in [5.41, 5.74) is 0.678. The quantitative estimate of drug-likeness (QED) is 0.782. The summed E-state index contributed by atoms with van der Waals surface area (Å²) < 4.78 is 10.6. The van der Waals surface area contributed by atoms with Gasteiger partial charge in [-0.2, -0.15) is 0 Å². The van der Waals surface area contributed by atoms with E-state index >= 15 is 0 Å². The molecule has 19 heavy (non-hydrogen) atoms. The first-order chi connectivity index (χ1) is 9.11. The summed E-state index contributed by atoms with van der Waals surface area (Å²) in [6.07, 6.45) is 0.697. The summed E-state index contributed by atoms with van der Waals surface area (Å²) in [7, 11) is 0. The molecule has 0 atom stereocenters. The zero-order valence-corrected chi connectivity index (χ0v) is 12.1. The van der Waals surface area contributed by atoms with E-state index in [2.05, 4.69) is 18.8 Å². The highest BCUT2D eigenvalue weighted by molar-refractivity contribution is 7.13. The average molecular weight is 279 g/mol. The van der Waals surface area contributed by atoms with E-state index in [9.17, 15) is 4.79 Å². The van der Waals surface area contributed by atoms with Gasteiger partial charge in [0.25, 0.3) is 0 Å². The van der Waals surface area contributed by atoms with E-state index in [1.165, 1.54) is 11.3 Å². The lowest BCUT2D eigenvalue weighted by atomic mass is 10.1. The molecule has 0 fully saturated rings. The van der Waals surface area contributed by atoms with Gasteiger partial charge in [0.2, 0.25) is 11.7 Å². The van der Waals surface area contributed by atoms with Gasteiger partial charge in [0.15, 0.2) is 0 Å². The minimum atomic E-state index is -0.437. The highest BCUT2D eigenvalue weighted by Gasteiger charge is 2.22. The molecule has 5 heteroatoms. The van der Waals surface area contributed by atoms with E-state index in [0.717, 1.165) is 4.88 Å². The van der Waals surface area contributed by atoms with Crippen LogP contribution in [0.3, 0.4) is 0 Å². The maximum absolute atomic E-state index is 11.9. The Morgan fingerprint density at radius 3 is 2.89 bits per heavy atom. The second-order valence-corrected chi connectivity index (χ2v) is 5.54. The molecule has 0 saturated heterocycles. The lowest BCUT2D eigenvalue weighted by Gasteiger charge is -2.02. The number of esters is 1. The van der Waals surface area contributed by atoms with Gasteiger partial charge in [-0.15, -0.1) is 11.3 Å². The van der Waals surface area contributed by atoms with Gasteiger partial charge in [0.1, 0.15) is 0 Å². The van der Waals surface area contributed by atoms with Gasteiger partial charge < -0.3 is 9.15 Å². The molecule has 2 rings (SSSR count). The molecule has 0 amide bonds. The van der Waals surface area contributed by atoms with Gasteiger partial charge in [-0.3, -0.25) is 0 Å². The molecule has 0 N–H and O–H groups in total. The number of rotatable bonds is 5. The minimum Gasteiger partial charge on any atom is -0.460 e. The summed E-state index contributed by atoms with van der Waals surface area (Å²) in [6, 6.07) is 3.85. The highest BCUT2D eigenvalue weighted by Crippen LogP contribution is 2.27. The molecule has 0 aliphatic heterocycles. The molecule has 0 aliphatic carbocycles. The molecule has 4 nitrogen and oxygen atoms in total. The lowest BCUT2D eigenvalue weighted by Crippen LogP contribution is -2.08. The summed E-state index contributed by atoms with van der Waals surface area (Å²) >= 11 is 1.53. The zero-order valence-electron chi connectivity index (χ0n) is 11.3. The van der Waals surface area contributed by atoms with Crippen molar-refractivity contribution in [3.8, 4) is 10.8 Å². The van der Waals surface area contributed by atoms with E-state index in [4.69, 9.17) is 9.15 Å². The van der Waals surface area contributed by atoms with Crippen LogP contribution in [0, 0.1) is 5.92 Å². The number of thiophene rings is 1. The van der Waals surface area contributed by atoms with Crippen LogP contribution < -0.4 is 0 Å². The number of oxazole rings is 1. The third kappa shape index (κ3) is 3.23. The number of ether oxygens (including phenoxy) is 1. The van der Waals surface area contributed by atoms with Crippen molar-refractivity contribution < 1.29 is 13.9 Å². The largest absolute Gasteiger partial charge is 0.460 e. The van der Waals surface area contributed by atoms with Crippen LogP contribution in [0.25, 0.3) is 10.8 Å². The molecule has 0 aliphatic rings. The smallest absolute Gasteiger partial charge is 0.376 e. The first-order valence-corrected chi connectivity index (χ1v) is 7.20. The molecule has 0 saturated carbocycles. The first-order valence-electron chi connectivity index (χ1n) is 6.32. The Labute approximate surface area is 116 Å². The standard InChI is InChI=1S/C14H17NO3S/c1-4-17-14(16)12-10(8-9(2)3)15-13(18-12)11-6-5-7-19-11/h5-7,9H,4,8H2,1-3H3. The number of nitrogens with zero attached hydrogens (tertiary/aromatic N) is 1. The van der Waals surface area contributed by atoms with E-state index in [-0.39, 0.29) is 5.76 Å². The van der Waals surface area contributed by atoms with Crippen LogP contribution in [0.5, 0.6) is 0 Å². The van der Waals surface area contributed by atoms with Gasteiger partial charge in [-0.1, -0.05) is 19.9 Å². The summed E-state index contributed by atoms with van der Waals surface area (Å²) in [4.78, 5) is 17.2. The SMILES string of the molecule is CCOC(=O)c1oc(-c2cccs2)nc1CC(C)C. The topological polar surface area (TPSA) is 52.3 Å². The van der Waals surface area contributed by atoms with Crippen LogP contribution in [0.4, 0.5) is 0 Å². The fraction of sp³-hybridized carbons (Fsp3) is 0.429. The molecular weight excluding hydrogens is 262 g/mol. The van der Waals surface area contributed by atoms with Gasteiger partial charge in [-0.25, -0.2) is 9.78 Å². The van der Waals surface area contributed by atoms with Gasteiger partial charge in [-0.05, 0) is 30.7 Å². The van der Waals surface area contributed by atoms with E-state index in [0.29, 0.717) is 30.5 Å². The lowest BCUT2D eigenvalue weighted by molar-refractivity contribution is 0.0489. The summed E-state index contributed by atoms with van der Waals surface area (Å²) in [6.45, 7) is 6.26. The fourth-order valence-corrected chi connectivity index (χ4v) is 2.39. The van der Waals surface area contributed by atoms with Crippen molar-refractivity contribution in [1.29, 1.82) is 0 Å². The Morgan fingerprint density at radius 2 is 2.32 bits per heavy atom. The predicted molar refractivity (Wildman–Crippen MR) is 74.3 cm³/mol. The summed E-state index contributed by atoms with van der Waals surface area (Å²) in [5.74, 6) is 0.690. The second-order valence-electron chi connectivity index (χ2n) is 4.59. The highest BCUT2D eigenvalue weighted by atomic mass is 32.1. The maximum Gasteiger partial charge on any atom is 0.376 e. The molecule has 0 radical (unpaired) electrons. The van der Waals surface area contributed by atoms with Gasteiger partial charge >= 0.3 is 5.97 Å².